The van der Waals surface area contributed by atoms with Crippen molar-refractivity contribution < 1.29 is 23.7 Å². The second kappa shape index (κ2) is 9.28. The van der Waals surface area contributed by atoms with Gasteiger partial charge in [-0.15, -0.1) is 0 Å². The highest BCUT2D eigenvalue weighted by Gasteiger charge is 2.17. The van der Waals surface area contributed by atoms with Crippen molar-refractivity contribution in [2.45, 2.75) is 32.0 Å². The highest BCUT2D eigenvalue weighted by atomic mass is 16.5. The zero-order valence-corrected chi connectivity index (χ0v) is 15.6. The molecule has 0 unspecified atom stereocenters. The molecule has 3 rings (SSSR count). The molecule has 0 bridgehead atoms. The Morgan fingerprint density at radius 2 is 1.78 bits per heavy atom. The van der Waals surface area contributed by atoms with Gasteiger partial charge in [0.05, 0.1) is 13.2 Å². The van der Waals surface area contributed by atoms with Gasteiger partial charge in [0.1, 0.15) is 23.9 Å². The summed E-state index contributed by atoms with van der Waals surface area (Å²) in [5.74, 6) is 1.88. The number of anilines is 1. The van der Waals surface area contributed by atoms with Crippen molar-refractivity contribution in [2.24, 2.45) is 0 Å². The smallest absolute Gasteiger partial charge is 0.265 e. The van der Waals surface area contributed by atoms with E-state index in [4.69, 9.17) is 18.9 Å². The largest absolute Gasteiger partial charge is 0.497 e. The molecule has 1 heterocycles. The van der Waals surface area contributed by atoms with Gasteiger partial charge in [-0.05, 0) is 68.3 Å². The first-order valence-corrected chi connectivity index (χ1v) is 9.10. The van der Waals surface area contributed by atoms with Gasteiger partial charge in [0.15, 0.2) is 6.10 Å². The van der Waals surface area contributed by atoms with Gasteiger partial charge in [-0.25, -0.2) is 0 Å². The van der Waals surface area contributed by atoms with Crippen molar-refractivity contribution in [1.29, 1.82) is 0 Å². The van der Waals surface area contributed by atoms with E-state index in [1.807, 2.05) is 24.3 Å². The van der Waals surface area contributed by atoms with Crippen molar-refractivity contribution in [2.75, 3.05) is 25.6 Å². The molecular weight excluding hydrogens is 346 g/mol. The highest BCUT2D eigenvalue weighted by Crippen LogP contribution is 2.20. The van der Waals surface area contributed by atoms with Gasteiger partial charge in [0.2, 0.25) is 0 Å². The minimum absolute atomic E-state index is 0.181. The SMILES string of the molecule is COc1ccc(O[C@H](C)C(=O)Nc2ccc(OC[C@H]3CCCO3)cc2)cc1. The molecule has 1 fully saturated rings. The lowest BCUT2D eigenvalue weighted by molar-refractivity contribution is -0.122. The standard InChI is InChI=1S/C21H25NO5/c1-15(27-19-11-9-17(24-2)10-12-19)21(23)22-16-5-7-18(8-6-16)26-14-20-4-3-13-25-20/h5-12,15,20H,3-4,13-14H2,1-2H3,(H,22,23)/t15-,20-/m1/s1. The predicted molar refractivity (Wildman–Crippen MR) is 103 cm³/mol. The van der Waals surface area contributed by atoms with Gasteiger partial charge in [-0.2, -0.15) is 0 Å². The van der Waals surface area contributed by atoms with Crippen LogP contribution in [-0.2, 0) is 9.53 Å². The molecule has 2 aromatic rings. The van der Waals surface area contributed by atoms with Gasteiger partial charge in [-0.1, -0.05) is 0 Å². The van der Waals surface area contributed by atoms with E-state index >= 15 is 0 Å². The first-order valence-electron chi connectivity index (χ1n) is 9.10. The lowest BCUT2D eigenvalue weighted by atomic mass is 10.2. The third-order valence-corrected chi connectivity index (χ3v) is 4.32. The molecule has 1 aliphatic rings. The Morgan fingerprint density at radius 3 is 2.41 bits per heavy atom. The fourth-order valence-electron chi connectivity index (χ4n) is 2.76. The van der Waals surface area contributed by atoms with Crippen LogP contribution in [-0.4, -0.2) is 38.4 Å². The topological polar surface area (TPSA) is 66.0 Å². The predicted octanol–water partition coefficient (Wildman–Crippen LogP) is 3.66. The summed E-state index contributed by atoms with van der Waals surface area (Å²) in [6.45, 7) is 3.08. The number of ether oxygens (including phenoxy) is 4. The molecule has 0 aliphatic carbocycles. The van der Waals surface area contributed by atoms with Crippen LogP contribution in [0, 0.1) is 0 Å². The Balaban J connectivity index is 1.47. The maximum atomic E-state index is 12.3. The summed E-state index contributed by atoms with van der Waals surface area (Å²) in [6.07, 6.45) is 1.69. The summed E-state index contributed by atoms with van der Waals surface area (Å²) >= 11 is 0. The number of hydrogen-bond donors (Lipinski definition) is 1. The Kier molecular flexibility index (Phi) is 6.54. The molecule has 1 saturated heterocycles. The van der Waals surface area contributed by atoms with Crippen LogP contribution in [0.2, 0.25) is 0 Å². The Labute approximate surface area is 159 Å². The van der Waals surface area contributed by atoms with Crippen molar-refractivity contribution in [3.05, 3.63) is 48.5 Å². The van der Waals surface area contributed by atoms with Crippen LogP contribution in [0.15, 0.2) is 48.5 Å². The molecule has 6 nitrogen and oxygen atoms in total. The summed E-state index contributed by atoms with van der Waals surface area (Å²) in [5, 5.41) is 2.84. The summed E-state index contributed by atoms with van der Waals surface area (Å²) in [5.41, 5.74) is 0.689. The van der Waals surface area contributed by atoms with Crippen LogP contribution in [0.5, 0.6) is 17.2 Å². The van der Waals surface area contributed by atoms with Gasteiger partial charge in [0.25, 0.3) is 5.91 Å². The Morgan fingerprint density at radius 1 is 1.11 bits per heavy atom. The lowest BCUT2D eigenvalue weighted by Crippen LogP contribution is -2.30. The van der Waals surface area contributed by atoms with Gasteiger partial charge < -0.3 is 24.3 Å². The number of rotatable bonds is 8. The molecule has 1 amide bonds. The molecule has 27 heavy (non-hydrogen) atoms. The van der Waals surface area contributed by atoms with Gasteiger partial charge in [-0.3, -0.25) is 4.79 Å². The van der Waals surface area contributed by atoms with Crippen LogP contribution >= 0.6 is 0 Å². The molecular formula is C21H25NO5. The van der Waals surface area contributed by atoms with Crippen LogP contribution in [0.3, 0.4) is 0 Å². The minimum Gasteiger partial charge on any atom is -0.497 e. The number of benzene rings is 2. The normalized spacial score (nSPS) is 17.2. The van der Waals surface area contributed by atoms with E-state index in [1.165, 1.54) is 0 Å². The van der Waals surface area contributed by atoms with E-state index in [9.17, 15) is 4.79 Å². The molecule has 0 saturated carbocycles. The van der Waals surface area contributed by atoms with E-state index in [2.05, 4.69) is 5.32 Å². The van der Waals surface area contributed by atoms with E-state index in [0.717, 1.165) is 30.9 Å². The number of hydrogen-bond acceptors (Lipinski definition) is 5. The van der Waals surface area contributed by atoms with Gasteiger partial charge >= 0.3 is 0 Å². The number of carbonyl (C=O) groups excluding carboxylic acids is 1. The lowest BCUT2D eigenvalue weighted by Gasteiger charge is -2.15. The van der Waals surface area contributed by atoms with E-state index in [0.29, 0.717) is 18.0 Å². The second-order valence-electron chi connectivity index (χ2n) is 6.40. The molecule has 144 valence electrons. The Hall–Kier alpha value is -2.73. The maximum absolute atomic E-state index is 12.3. The molecule has 0 radical (unpaired) electrons. The molecule has 1 aliphatic heterocycles. The van der Waals surface area contributed by atoms with Crippen molar-refractivity contribution >= 4 is 11.6 Å². The summed E-state index contributed by atoms with van der Waals surface area (Å²) in [6, 6.07) is 14.4. The zero-order valence-electron chi connectivity index (χ0n) is 15.6. The highest BCUT2D eigenvalue weighted by molar-refractivity contribution is 5.94. The monoisotopic (exact) mass is 371 g/mol. The van der Waals surface area contributed by atoms with Crippen LogP contribution in [0.4, 0.5) is 5.69 Å². The third kappa shape index (κ3) is 5.62. The van der Waals surface area contributed by atoms with E-state index < -0.39 is 6.10 Å². The number of amides is 1. The van der Waals surface area contributed by atoms with Crippen LogP contribution in [0.25, 0.3) is 0 Å². The molecule has 0 spiro atoms. The average molecular weight is 371 g/mol. The van der Waals surface area contributed by atoms with Crippen LogP contribution in [0.1, 0.15) is 19.8 Å². The number of methoxy groups -OCH3 is 1. The third-order valence-electron chi connectivity index (χ3n) is 4.32. The maximum Gasteiger partial charge on any atom is 0.265 e. The summed E-state index contributed by atoms with van der Waals surface area (Å²) in [4.78, 5) is 12.3. The summed E-state index contributed by atoms with van der Waals surface area (Å²) in [7, 11) is 1.60. The zero-order chi connectivity index (χ0) is 19.1. The quantitative estimate of drug-likeness (QED) is 0.767. The van der Waals surface area contributed by atoms with Crippen LogP contribution < -0.4 is 19.5 Å². The van der Waals surface area contributed by atoms with Crippen molar-refractivity contribution in [3.8, 4) is 17.2 Å². The fourth-order valence-corrected chi connectivity index (χ4v) is 2.76. The molecule has 1 N–H and O–H groups in total. The molecule has 2 atom stereocenters. The fraction of sp³-hybridized carbons (Fsp3) is 0.381. The second-order valence-corrected chi connectivity index (χ2v) is 6.40. The van der Waals surface area contributed by atoms with Crippen molar-refractivity contribution in [3.63, 3.8) is 0 Å². The average Bonchev–Trinajstić information content (AvgIpc) is 3.21. The summed E-state index contributed by atoms with van der Waals surface area (Å²) < 4.78 is 22.0. The first-order chi connectivity index (χ1) is 13.1. The first kappa shape index (κ1) is 19.0. The van der Waals surface area contributed by atoms with E-state index in [1.54, 1.807) is 38.3 Å². The molecule has 6 heteroatoms. The number of carbonyl (C=O) groups is 1. The molecule has 2 aromatic carbocycles. The number of nitrogens with one attached hydrogen (secondary N) is 1. The molecule has 0 aromatic heterocycles. The van der Waals surface area contributed by atoms with Crippen molar-refractivity contribution in [1.82, 2.24) is 0 Å². The van der Waals surface area contributed by atoms with E-state index in [-0.39, 0.29) is 12.0 Å². The minimum atomic E-state index is -0.631. The van der Waals surface area contributed by atoms with Gasteiger partial charge in [0, 0.05) is 12.3 Å². The Bertz CT molecular complexity index is 723.